The molecule has 0 bridgehead atoms. The molecule has 2 aromatic rings. The van der Waals surface area contributed by atoms with Gasteiger partial charge in [-0.05, 0) is 26.0 Å². The van der Waals surface area contributed by atoms with E-state index in [1.807, 2.05) is 0 Å². The van der Waals surface area contributed by atoms with Crippen molar-refractivity contribution < 1.29 is 12.8 Å². The van der Waals surface area contributed by atoms with Gasteiger partial charge in [0.15, 0.2) is 20.2 Å². The number of aromatic amines is 1. The summed E-state index contributed by atoms with van der Waals surface area (Å²) < 4.78 is 27.6. The van der Waals surface area contributed by atoms with Gasteiger partial charge >= 0.3 is 5.76 Å². The molecule has 0 saturated carbocycles. The lowest BCUT2D eigenvalue weighted by molar-refractivity contribution is 0.553. The van der Waals surface area contributed by atoms with Crippen LogP contribution in [0.5, 0.6) is 0 Å². The molecule has 6 nitrogen and oxygen atoms in total. The molecule has 0 radical (unpaired) electrons. The van der Waals surface area contributed by atoms with Crippen LogP contribution < -0.4 is 5.76 Å². The van der Waals surface area contributed by atoms with Crippen molar-refractivity contribution in [1.82, 2.24) is 4.98 Å². The van der Waals surface area contributed by atoms with E-state index in [1.54, 1.807) is 6.07 Å². The molecule has 0 aliphatic carbocycles. The zero-order chi connectivity index (χ0) is 13.6. The van der Waals surface area contributed by atoms with Crippen molar-refractivity contribution in [3.05, 3.63) is 28.7 Å². The molecule has 7 heteroatoms. The number of benzene rings is 1. The molecule has 0 aliphatic rings. The molecule has 0 atom stereocenters. The average Bonchev–Trinajstić information content (AvgIpc) is 2.67. The summed E-state index contributed by atoms with van der Waals surface area (Å²) in [4.78, 5) is 13.3. The summed E-state index contributed by atoms with van der Waals surface area (Å²) in [7, 11) is -3.81. The number of rotatable bonds is 2. The van der Waals surface area contributed by atoms with Gasteiger partial charge in [0, 0.05) is 6.07 Å². The van der Waals surface area contributed by atoms with E-state index in [2.05, 4.69) is 4.98 Å². The van der Waals surface area contributed by atoms with E-state index in [9.17, 15) is 13.2 Å². The summed E-state index contributed by atoms with van der Waals surface area (Å²) >= 11 is 0. The first-order valence-electron chi connectivity index (χ1n) is 5.07. The highest BCUT2D eigenvalue weighted by Gasteiger charge is 2.36. The van der Waals surface area contributed by atoms with Crippen molar-refractivity contribution in [2.45, 2.75) is 23.5 Å². The van der Waals surface area contributed by atoms with Crippen LogP contribution in [-0.4, -0.2) is 18.1 Å². The van der Waals surface area contributed by atoms with Crippen LogP contribution in [0.25, 0.3) is 11.1 Å². The lowest BCUT2D eigenvalue weighted by atomic mass is 10.2. The van der Waals surface area contributed by atoms with Gasteiger partial charge < -0.3 is 4.42 Å². The Morgan fingerprint density at radius 2 is 2.06 bits per heavy atom. The molecule has 0 saturated heterocycles. The number of nitrogens with one attached hydrogen (secondary N) is 1. The molecule has 94 valence electrons. The fourth-order valence-corrected chi connectivity index (χ4v) is 2.67. The van der Waals surface area contributed by atoms with E-state index in [-0.39, 0.29) is 10.5 Å². The standard InChI is InChI=1S/C11H10N2O4S/c1-11(2,6-12)18(15,16)7-3-4-8-9(5-7)17-10(14)13-8/h3-5H,1-2H3,(H,13,14). The highest BCUT2D eigenvalue weighted by atomic mass is 32.2. The fourth-order valence-electron chi connectivity index (χ4n) is 1.45. The van der Waals surface area contributed by atoms with Crippen molar-refractivity contribution >= 4 is 20.9 Å². The number of hydrogen-bond acceptors (Lipinski definition) is 5. The third-order valence-electron chi connectivity index (χ3n) is 2.64. The minimum absolute atomic E-state index is 0.0516. The minimum atomic E-state index is -3.81. The second kappa shape index (κ2) is 3.71. The lowest BCUT2D eigenvalue weighted by Gasteiger charge is -2.15. The van der Waals surface area contributed by atoms with Crippen LogP contribution in [0.4, 0.5) is 0 Å². The van der Waals surface area contributed by atoms with Gasteiger partial charge in [-0.15, -0.1) is 0 Å². The monoisotopic (exact) mass is 266 g/mol. The van der Waals surface area contributed by atoms with E-state index in [0.29, 0.717) is 5.52 Å². The molecular formula is C11H10N2O4S. The number of hydrogen-bond donors (Lipinski definition) is 1. The van der Waals surface area contributed by atoms with Crippen molar-refractivity contribution in [2.24, 2.45) is 0 Å². The molecule has 1 heterocycles. The zero-order valence-corrected chi connectivity index (χ0v) is 10.5. The van der Waals surface area contributed by atoms with Crippen LogP contribution in [0.2, 0.25) is 0 Å². The Hall–Kier alpha value is -2.07. The molecule has 18 heavy (non-hydrogen) atoms. The van der Waals surface area contributed by atoms with Crippen LogP contribution in [0.3, 0.4) is 0 Å². The summed E-state index contributed by atoms with van der Waals surface area (Å²) in [6.07, 6.45) is 0. The SMILES string of the molecule is CC(C)(C#N)S(=O)(=O)c1ccc2[nH]c(=O)oc2c1. The number of nitriles is 1. The van der Waals surface area contributed by atoms with E-state index in [4.69, 9.17) is 9.68 Å². The van der Waals surface area contributed by atoms with Gasteiger partial charge in [0.25, 0.3) is 0 Å². The van der Waals surface area contributed by atoms with Crippen LogP contribution in [0, 0.1) is 11.3 Å². The molecule has 1 aromatic heterocycles. The number of aromatic nitrogens is 1. The molecule has 0 aliphatic heterocycles. The average molecular weight is 266 g/mol. The topological polar surface area (TPSA) is 104 Å². The number of fused-ring (bicyclic) bond motifs is 1. The maximum absolute atomic E-state index is 12.2. The Labute approximate surface area is 103 Å². The van der Waals surface area contributed by atoms with E-state index in [0.717, 1.165) is 0 Å². The Morgan fingerprint density at radius 1 is 1.39 bits per heavy atom. The summed E-state index contributed by atoms with van der Waals surface area (Å²) in [5.41, 5.74) is 0.559. The predicted octanol–water partition coefficient (Wildman–Crippen LogP) is 1.20. The molecular weight excluding hydrogens is 256 g/mol. The molecule has 0 unspecified atom stereocenters. The van der Waals surface area contributed by atoms with Crippen LogP contribution in [-0.2, 0) is 9.84 Å². The Bertz CT molecular complexity index is 805. The highest BCUT2D eigenvalue weighted by Crippen LogP contribution is 2.26. The molecule has 0 fully saturated rings. The minimum Gasteiger partial charge on any atom is -0.408 e. The van der Waals surface area contributed by atoms with E-state index in [1.165, 1.54) is 32.0 Å². The van der Waals surface area contributed by atoms with Crippen molar-refractivity contribution in [3.8, 4) is 6.07 Å². The highest BCUT2D eigenvalue weighted by molar-refractivity contribution is 7.93. The largest absolute Gasteiger partial charge is 0.417 e. The summed E-state index contributed by atoms with van der Waals surface area (Å²) in [6.45, 7) is 2.64. The maximum Gasteiger partial charge on any atom is 0.417 e. The summed E-state index contributed by atoms with van der Waals surface area (Å²) in [6, 6.07) is 5.75. The first-order chi connectivity index (χ1) is 8.28. The van der Waals surface area contributed by atoms with Gasteiger partial charge in [-0.1, -0.05) is 0 Å². The van der Waals surface area contributed by atoms with Crippen molar-refractivity contribution in [3.63, 3.8) is 0 Å². The second-order valence-electron chi connectivity index (χ2n) is 4.30. The number of H-pyrrole nitrogens is 1. The quantitative estimate of drug-likeness (QED) is 0.879. The van der Waals surface area contributed by atoms with Gasteiger partial charge in [0.2, 0.25) is 0 Å². The number of sulfone groups is 1. The van der Waals surface area contributed by atoms with Crippen LogP contribution in [0.15, 0.2) is 32.3 Å². The normalized spacial score (nSPS) is 12.5. The second-order valence-corrected chi connectivity index (χ2v) is 6.80. The fraction of sp³-hybridized carbons (Fsp3) is 0.273. The molecule has 2 rings (SSSR count). The molecule has 1 N–H and O–H groups in total. The Balaban J connectivity index is 2.69. The van der Waals surface area contributed by atoms with Crippen LogP contribution in [0.1, 0.15) is 13.8 Å². The number of oxazole rings is 1. The van der Waals surface area contributed by atoms with Gasteiger partial charge in [-0.25, -0.2) is 13.2 Å². The van der Waals surface area contributed by atoms with Gasteiger partial charge in [0.05, 0.1) is 16.5 Å². The van der Waals surface area contributed by atoms with E-state index < -0.39 is 20.3 Å². The zero-order valence-electron chi connectivity index (χ0n) is 9.72. The lowest BCUT2D eigenvalue weighted by Crippen LogP contribution is -2.29. The third kappa shape index (κ3) is 1.71. The smallest absolute Gasteiger partial charge is 0.408 e. The molecule has 1 aromatic carbocycles. The van der Waals surface area contributed by atoms with Gasteiger partial charge in [-0.3, -0.25) is 4.98 Å². The van der Waals surface area contributed by atoms with E-state index >= 15 is 0 Å². The number of nitrogens with zero attached hydrogens (tertiary/aromatic N) is 1. The van der Waals surface area contributed by atoms with Gasteiger partial charge in [0.1, 0.15) is 0 Å². The summed E-state index contributed by atoms with van der Waals surface area (Å²) in [5.74, 6) is -0.654. The molecule has 0 spiro atoms. The summed E-state index contributed by atoms with van der Waals surface area (Å²) in [5, 5.41) is 8.90. The molecule has 0 amide bonds. The Morgan fingerprint density at radius 3 is 2.67 bits per heavy atom. The Kier molecular flexibility index (Phi) is 2.56. The first-order valence-corrected chi connectivity index (χ1v) is 6.55. The predicted molar refractivity (Wildman–Crippen MR) is 63.7 cm³/mol. The van der Waals surface area contributed by atoms with Crippen molar-refractivity contribution in [2.75, 3.05) is 0 Å². The van der Waals surface area contributed by atoms with Crippen LogP contribution >= 0.6 is 0 Å². The first kappa shape index (κ1) is 12.4. The third-order valence-corrected chi connectivity index (χ3v) is 4.95. The van der Waals surface area contributed by atoms with Crippen molar-refractivity contribution in [1.29, 1.82) is 5.26 Å². The van der Waals surface area contributed by atoms with Gasteiger partial charge in [-0.2, -0.15) is 5.26 Å². The maximum atomic E-state index is 12.2.